The third kappa shape index (κ3) is 8.39. The van der Waals surface area contributed by atoms with E-state index in [9.17, 15) is 0 Å². The number of nitrogens with one attached hydrogen (secondary N) is 2. The van der Waals surface area contributed by atoms with Crippen LogP contribution in [0.3, 0.4) is 0 Å². The molecule has 0 saturated carbocycles. The molecule has 6 heteroatoms. The summed E-state index contributed by atoms with van der Waals surface area (Å²) in [5.41, 5.74) is 1.04. The van der Waals surface area contributed by atoms with Crippen molar-refractivity contribution in [2.75, 3.05) is 20.2 Å². The van der Waals surface area contributed by atoms with E-state index in [-0.39, 0.29) is 24.0 Å². The summed E-state index contributed by atoms with van der Waals surface area (Å²) in [6.07, 6.45) is 5.09. The van der Waals surface area contributed by atoms with Crippen molar-refractivity contribution >= 4 is 29.9 Å². The molecule has 0 aliphatic heterocycles. The van der Waals surface area contributed by atoms with Crippen molar-refractivity contribution in [3.8, 4) is 5.88 Å². The largest absolute Gasteiger partial charge is 0.477 e. The van der Waals surface area contributed by atoms with Crippen molar-refractivity contribution < 1.29 is 4.74 Å². The molecule has 0 saturated heterocycles. The molecule has 1 aromatic heterocycles. The first kappa shape index (κ1) is 21.9. The van der Waals surface area contributed by atoms with Crippen molar-refractivity contribution in [2.24, 2.45) is 10.9 Å². The van der Waals surface area contributed by atoms with Crippen LogP contribution in [0.15, 0.2) is 23.3 Å². The number of hydrogen-bond donors (Lipinski definition) is 2. The minimum atomic E-state index is 0. The number of aromatic nitrogens is 1. The van der Waals surface area contributed by atoms with E-state index in [0.717, 1.165) is 24.5 Å². The van der Waals surface area contributed by atoms with E-state index < -0.39 is 0 Å². The average Bonchev–Trinajstić information content (AvgIpc) is 2.57. The molecule has 0 aliphatic carbocycles. The Kier molecular flexibility index (Phi) is 12.8. The Labute approximate surface area is 157 Å². The highest BCUT2D eigenvalue weighted by Gasteiger charge is 2.07. The third-order valence-electron chi connectivity index (χ3n) is 3.68. The van der Waals surface area contributed by atoms with Crippen molar-refractivity contribution in [3.63, 3.8) is 0 Å². The predicted molar refractivity (Wildman–Crippen MR) is 108 cm³/mol. The normalized spacial score (nSPS) is 11.1. The van der Waals surface area contributed by atoms with Crippen molar-refractivity contribution in [1.82, 2.24) is 15.6 Å². The molecule has 23 heavy (non-hydrogen) atoms. The van der Waals surface area contributed by atoms with Gasteiger partial charge in [0, 0.05) is 31.9 Å². The molecular weight excluding hydrogens is 403 g/mol. The predicted octanol–water partition coefficient (Wildman–Crippen LogP) is 3.59. The number of halogens is 1. The Bertz CT molecular complexity index is 450. The maximum absolute atomic E-state index is 5.67. The lowest BCUT2D eigenvalue weighted by Crippen LogP contribution is -2.39. The lowest BCUT2D eigenvalue weighted by atomic mass is 10.0. The Morgan fingerprint density at radius 3 is 2.61 bits per heavy atom. The molecule has 0 atom stereocenters. The number of pyridine rings is 1. The van der Waals surface area contributed by atoms with E-state index in [4.69, 9.17) is 4.74 Å². The van der Waals surface area contributed by atoms with Gasteiger partial charge >= 0.3 is 0 Å². The van der Waals surface area contributed by atoms with Crippen LogP contribution in [-0.2, 0) is 6.54 Å². The lowest BCUT2D eigenvalue weighted by molar-refractivity contribution is 0.301. The number of rotatable bonds is 9. The molecule has 0 aliphatic rings. The average molecular weight is 434 g/mol. The van der Waals surface area contributed by atoms with Crippen molar-refractivity contribution in [2.45, 2.75) is 46.6 Å². The summed E-state index contributed by atoms with van der Waals surface area (Å²) >= 11 is 0. The van der Waals surface area contributed by atoms with Crippen molar-refractivity contribution in [3.05, 3.63) is 23.9 Å². The smallest absolute Gasteiger partial charge is 0.218 e. The topological polar surface area (TPSA) is 58.5 Å². The zero-order chi connectivity index (χ0) is 16.2. The van der Waals surface area contributed by atoms with Crippen LogP contribution in [0.1, 0.15) is 45.6 Å². The van der Waals surface area contributed by atoms with Crippen LogP contribution < -0.4 is 15.4 Å². The van der Waals surface area contributed by atoms with Crippen LogP contribution in [0.4, 0.5) is 0 Å². The van der Waals surface area contributed by atoms with Crippen LogP contribution >= 0.6 is 24.0 Å². The van der Waals surface area contributed by atoms with E-state index >= 15 is 0 Å². The van der Waals surface area contributed by atoms with Gasteiger partial charge in [0.15, 0.2) is 5.96 Å². The van der Waals surface area contributed by atoms with E-state index in [2.05, 4.69) is 41.4 Å². The van der Waals surface area contributed by atoms with E-state index in [1.54, 1.807) is 13.2 Å². The van der Waals surface area contributed by atoms with E-state index in [1.807, 2.05) is 12.1 Å². The first-order valence-corrected chi connectivity index (χ1v) is 8.26. The summed E-state index contributed by atoms with van der Waals surface area (Å²) in [6, 6.07) is 3.95. The van der Waals surface area contributed by atoms with Crippen LogP contribution in [0, 0.1) is 5.92 Å². The molecular formula is C17H31IN4O. The van der Waals surface area contributed by atoms with Gasteiger partial charge in [0.2, 0.25) is 5.88 Å². The van der Waals surface area contributed by atoms with Crippen LogP contribution in [0.5, 0.6) is 5.88 Å². The summed E-state index contributed by atoms with van der Waals surface area (Å²) in [5, 5.41) is 6.71. The zero-order valence-corrected chi connectivity index (χ0v) is 17.1. The summed E-state index contributed by atoms with van der Waals surface area (Å²) < 4.78 is 5.67. The zero-order valence-electron chi connectivity index (χ0n) is 14.8. The molecule has 0 fully saturated rings. The molecule has 0 bridgehead atoms. The minimum Gasteiger partial charge on any atom is -0.477 e. The standard InChI is InChI=1S/C17H30N4O.HI/c1-5-11-22-16-15(9-8-10-19-16)13-21-17(18-4)20-12-14(6-2)7-3;/h8-10,14H,5-7,11-13H2,1-4H3,(H2,18,20,21);1H. The fraction of sp³-hybridized carbons (Fsp3) is 0.647. The first-order valence-electron chi connectivity index (χ1n) is 8.26. The fourth-order valence-electron chi connectivity index (χ4n) is 2.11. The lowest BCUT2D eigenvalue weighted by Gasteiger charge is -2.17. The Morgan fingerprint density at radius 2 is 2.00 bits per heavy atom. The van der Waals surface area contributed by atoms with Gasteiger partial charge in [-0.2, -0.15) is 0 Å². The van der Waals surface area contributed by atoms with Crippen LogP contribution in [0.25, 0.3) is 0 Å². The quantitative estimate of drug-likeness (QED) is 0.354. The molecule has 1 aromatic rings. The number of guanidine groups is 1. The Balaban J connectivity index is 0.00000484. The molecule has 0 radical (unpaired) electrons. The summed E-state index contributed by atoms with van der Waals surface area (Å²) in [6.45, 7) is 8.81. The fourth-order valence-corrected chi connectivity index (χ4v) is 2.11. The second-order valence-electron chi connectivity index (χ2n) is 5.31. The van der Waals surface area contributed by atoms with Gasteiger partial charge in [-0.25, -0.2) is 4.98 Å². The minimum absolute atomic E-state index is 0. The van der Waals surface area contributed by atoms with Gasteiger partial charge in [-0.05, 0) is 18.4 Å². The molecule has 5 nitrogen and oxygen atoms in total. The van der Waals surface area contributed by atoms with Gasteiger partial charge in [0.05, 0.1) is 6.61 Å². The molecule has 0 amide bonds. The summed E-state index contributed by atoms with van der Waals surface area (Å²) in [4.78, 5) is 8.57. The molecule has 0 unspecified atom stereocenters. The molecule has 1 heterocycles. The number of nitrogens with zero attached hydrogens (tertiary/aromatic N) is 2. The van der Waals surface area contributed by atoms with Gasteiger partial charge in [0.1, 0.15) is 0 Å². The number of hydrogen-bond acceptors (Lipinski definition) is 3. The number of ether oxygens (including phenoxy) is 1. The van der Waals surface area contributed by atoms with Crippen LogP contribution in [-0.4, -0.2) is 31.1 Å². The highest BCUT2D eigenvalue weighted by molar-refractivity contribution is 14.0. The molecule has 1 rings (SSSR count). The summed E-state index contributed by atoms with van der Waals surface area (Å²) in [5.74, 6) is 2.20. The Morgan fingerprint density at radius 1 is 1.26 bits per heavy atom. The highest BCUT2D eigenvalue weighted by atomic mass is 127. The number of aliphatic imine (C=N–C) groups is 1. The van der Waals surface area contributed by atoms with Crippen LogP contribution in [0.2, 0.25) is 0 Å². The second-order valence-corrected chi connectivity index (χ2v) is 5.31. The van der Waals surface area contributed by atoms with Gasteiger partial charge < -0.3 is 15.4 Å². The molecule has 0 spiro atoms. The highest BCUT2D eigenvalue weighted by Crippen LogP contribution is 2.14. The van der Waals surface area contributed by atoms with Gasteiger partial charge in [-0.3, -0.25) is 4.99 Å². The van der Waals surface area contributed by atoms with Gasteiger partial charge in [0.25, 0.3) is 0 Å². The second kappa shape index (κ2) is 13.4. The van der Waals surface area contributed by atoms with E-state index in [0.29, 0.717) is 24.9 Å². The molecule has 0 aromatic carbocycles. The molecule has 132 valence electrons. The SMILES string of the molecule is CCCOc1ncccc1CNC(=NC)NCC(CC)CC.I. The van der Waals surface area contributed by atoms with Crippen molar-refractivity contribution in [1.29, 1.82) is 0 Å². The first-order chi connectivity index (χ1) is 10.7. The summed E-state index contributed by atoms with van der Waals surface area (Å²) in [7, 11) is 1.79. The maximum Gasteiger partial charge on any atom is 0.218 e. The third-order valence-corrected chi connectivity index (χ3v) is 3.68. The maximum atomic E-state index is 5.67. The molecule has 2 N–H and O–H groups in total. The van der Waals surface area contributed by atoms with E-state index in [1.165, 1.54) is 12.8 Å². The van der Waals surface area contributed by atoms with Gasteiger partial charge in [-0.1, -0.05) is 39.7 Å². The Hall–Kier alpha value is -1.05. The monoisotopic (exact) mass is 434 g/mol. The van der Waals surface area contributed by atoms with Gasteiger partial charge in [-0.15, -0.1) is 24.0 Å².